The van der Waals surface area contributed by atoms with Gasteiger partial charge in [-0.2, -0.15) is 0 Å². The van der Waals surface area contributed by atoms with Gasteiger partial charge in [-0.25, -0.2) is 36.7 Å². The average molecular weight is 624 g/mol. The lowest BCUT2D eigenvalue weighted by Gasteiger charge is -2.28. The first kappa shape index (κ1) is 30.2. The maximum Gasteiger partial charge on any atom is 0.335 e. The highest BCUT2D eigenvalue weighted by Crippen LogP contribution is 2.40. The molecule has 0 aliphatic carbocycles. The second-order valence-corrected chi connectivity index (χ2v) is 11.5. The molecule has 5 aromatic rings. The first-order valence-corrected chi connectivity index (χ1v) is 13.9. The lowest BCUT2D eigenvalue weighted by molar-refractivity contribution is 0.0697. The van der Waals surface area contributed by atoms with Crippen LogP contribution in [0.4, 0.5) is 22.0 Å². The number of aromatic carboxylic acids is 1. The van der Waals surface area contributed by atoms with E-state index in [-0.39, 0.29) is 46.1 Å². The summed E-state index contributed by atoms with van der Waals surface area (Å²) >= 11 is 0. The SMILES string of the molecule is CC1(C)COCC1n1c(Cc2cc(F)c(-c3cccc(OCc4c(F)cc(F)cc4F)n3)cc2F)nc2ccc(C(=O)O)cc21. The van der Waals surface area contributed by atoms with Crippen molar-refractivity contribution in [2.24, 2.45) is 5.41 Å². The van der Waals surface area contributed by atoms with E-state index < -0.39 is 47.2 Å². The second-order valence-electron chi connectivity index (χ2n) is 11.5. The molecule has 1 fully saturated rings. The Labute approximate surface area is 253 Å². The largest absolute Gasteiger partial charge is 0.478 e. The van der Waals surface area contributed by atoms with E-state index in [0.717, 1.165) is 12.1 Å². The van der Waals surface area contributed by atoms with Crippen LogP contribution in [-0.4, -0.2) is 38.8 Å². The smallest absolute Gasteiger partial charge is 0.335 e. The lowest BCUT2D eigenvalue weighted by Crippen LogP contribution is -2.27. The van der Waals surface area contributed by atoms with Crippen LogP contribution in [0.2, 0.25) is 0 Å². The summed E-state index contributed by atoms with van der Waals surface area (Å²) in [5.41, 5.74) is 0.117. The number of ether oxygens (including phenoxy) is 2. The summed E-state index contributed by atoms with van der Waals surface area (Å²) in [6, 6.07) is 11.6. The highest BCUT2D eigenvalue weighted by molar-refractivity contribution is 5.92. The Bertz CT molecular complexity index is 1940. The standard InChI is InChI=1S/C33H26F5N3O4/c1-33(2)16-44-15-29(33)41-28-9-17(32(42)43)6-7-27(28)39-30(41)10-18-8-23(36)20(13-22(18)35)26-4-3-5-31(40-26)45-14-21-24(37)11-19(34)12-25(21)38/h3-9,11-13,29H,10,14-16H2,1-2H3,(H,42,43). The van der Waals surface area contributed by atoms with E-state index in [1.807, 2.05) is 18.4 Å². The van der Waals surface area contributed by atoms with Gasteiger partial charge in [0.1, 0.15) is 41.5 Å². The van der Waals surface area contributed by atoms with Crippen molar-refractivity contribution < 1.29 is 41.3 Å². The molecule has 0 amide bonds. The molecule has 1 atom stereocenters. The molecular formula is C33H26F5N3O4. The van der Waals surface area contributed by atoms with Crippen molar-refractivity contribution in [3.05, 3.63) is 112 Å². The van der Waals surface area contributed by atoms with E-state index in [4.69, 9.17) is 9.47 Å². The zero-order valence-corrected chi connectivity index (χ0v) is 24.1. The van der Waals surface area contributed by atoms with Gasteiger partial charge in [-0.05, 0) is 42.0 Å². The number of carboxylic acid groups (broad SMARTS) is 1. The highest BCUT2D eigenvalue weighted by Gasteiger charge is 2.39. The predicted molar refractivity (Wildman–Crippen MR) is 153 cm³/mol. The van der Waals surface area contributed by atoms with Crippen LogP contribution in [0, 0.1) is 34.5 Å². The van der Waals surface area contributed by atoms with Crippen LogP contribution in [0.5, 0.6) is 5.88 Å². The molecule has 1 aliphatic rings. The van der Waals surface area contributed by atoms with Gasteiger partial charge < -0.3 is 19.1 Å². The van der Waals surface area contributed by atoms with Crippen molar-refractivity contribution >= 4 is 17.0 Å². The van der Waals surface area contributed by atoms with E-state index in [1.54, 1.807) is 6.07 Å². The number of rotatable bonds is 8. The number of fused-ring (bicyclic) bond motifs is 1. The van der Waals surface area contributed by atoms with E-state index in [2.05, 4.69) is 9.97 Å². The van der Waals surface area contributed by atoms with Crippen molar-refractivity contribution in [1.82, 2.24) is 14.5 Å². The van der Waals surface area contributed by atoms with Crippen LogP contribution >= 0.6 is 0 Å². The van der Waals surface area contributed by atoms with Gasteiger partial charge in [-0.3, -0.25) is 0 Å². The van der Waals surface area contributed by atoms with Gasteiger partial charge in [-0.1, -0.05) is 19.9 Å². The van der Waals surface area contributed by atoms with E-state index in [9.17, 15) is 23.1 Å². The number of hydrogen-bond donors (Lipinski definition) is 1. The summed E-state index contributed by atoms with van der Waals surface area (Å²) < 4.78 is 85.3. The first-order valence-electron chi connectivity index (χ1n) is 13.9. The molecule has 1 saturated heterocycles. The zero-order chi connectivity index (χ0) is 32.0. The third-order valence-electron chi connectivity index (χ3n) is 7.93. The predicted octanol–water partition coefficient (Wildman–Crippen LogP) is 7.26. The Hall–Kier alpha value is -4.84. The molecule has 0 saturated carbocycles. The number of nitrogens with zero attached hydrogens (tertiary/aromatic N) is 3. The monoisotopic (exact) mass is 623 g/mol. The van der Waals surface area contributed by atoms with Crippen LogP contribution in [0.25, 0.3) is 22.3 Å². The maximum absolute atomic E-state index is 15.6. The minimum atomic E-state index is -1.13. The molecule has 1 aliphatic heterocycles. The Morgan fingerprint density at radius 1 is 0.978 bits per heavy atom. The summed E-state index contributed by atoms with van der Waals surface area (Å²) in [5, 5.41) is 9.56. The van der Waals surface area contributed by atoms with Gasteiger partial charge >= 0.3 is 5.97 Å². The molecule has 0 spiro atoms. The molecule has 1 unspecified atom stereocenters. The summed E-state index contributed by atoms with van der Waals surface area (Å²) in [5.74, 6) is -5.66. The van der Waals surface area contributed by atoms with Crippen molar-refractivity contribution in [3.63, 3.8) is 0 Å². The first-order chi connectivity index (χ1) is 21.4. The Balaban J connectivity index is 1.31. The van der Waals surface area contributed by atoms with Gasteiger partial charge in [0, 0.05) is 35.6 Å². The number of carbonyl (C=O) groups is 1. The van der Waals surface area contributed by atoms with Crippen LogP contribution < -0.4 is 4.74 Å². The topological polar surface area (TPSA) is 86.5 Å². The molecule has 7 nitrogen and oxygen atoms in total. The number of halogens is 5. The molecule has 0 bridgehead atoms. The highest BCUT2D eigenvalue weighted by atomic mass is 19.2. The minimum absolute atomic E-state index is 0.00814. The molecule has 12 heteroatoms. The molecule has 232 valence electrons. The van der Waals surface area contributed by atoms with Crippen molar-refractivity contribution in [2.45, 2.75) is 32.9 Å². The molecule has 2 aromatic heterocycles. The van der Waals surface area contributed by atoms with Crippen molar-refractivity contribution in [2.75, 3.05) is 13.2 Å². The lowest BCUT2D eigenvalue weighted by atomic mass is 9.87. The third kappa shape index (κ3) is 5.85. The van der Waals surface area contributed by atoms with Crippen molar-refractivity contribution in [1.29, 1.82) is 0 Å². The summed E-state index contributed by atoms with van der Waals surface area (Å²) in [6.07, 6.45) is -0.0991. The molecular weight excluding hydrogens is 597 g/mol. The zero-order valence-electron chi connectivity index (χ0n) is 24.1. The van der Waals surface area contributed by atoms with E-state index in [1.165, 1.54) is 30.3 Å². The average Bonchev–Trinajstić information content (AvgIpc) is 3.51. The molecule has 3 heterocycles. The summed E-state index contributed by atoms with van der Waals surface area (Å²) in [7, 11) is 0. The number of hydrogen-bond acceptors (Lipinski definition) is 5. The van der Waals surface area contributed by atoms with E-state index >= 15 is 8.78 Å². The van der Waals surface area contributed by atoms with Gasteiger partial charge in [0.25, 0.3) is 0 Å². The van der Waals surface area contributed by atoms with Gasteiger partial charge in [-0.15, -0.1) is 0 Å². The quantitative estimate of drug-likeness (QED) is 0.183. The molecule has 6 rings (SSSR count). The molecule has 45 heavy (non-hydrogen) atoms. The number of imidazole rings is 1. The van der Waals surface area contributed by atoms with Crippen LogP contribution in [-0.2, 0) is 17.8 Å². The van der Waals surface area contributed by atoms with Gasteiger partial charge in [0.2, 0.25) is 5.88 Å². The minimum Gasteiger partial charge on any atom is -0.478 e. The van der Waals surface area contributed by atoms with Crippen LogP contribution in [0.15, 0.2) is 60.7 Å². The van der Waals surface area contributed by atoms with E-state index in [0.29, 0.717) is 42.2 Å². The number of benzene rings is 3. The van der Waals surface area contributed by atoms with Crippen LogP contribution in [0.3, 0.4) is 0 Å². The Morgan fingerprint density at radius 2 is 1.73 bits per heavy atom. The molecule has 1 N–H and O–H groups in total. The number of carboxylic acids is 1. The fraction of sp³-hybridized carbons (Fsp3) is 0.242. The van der Waals surface area contributed by atoms with Gasteiger partial charge in [0.05, 0.1) is 47.1 Å². The molecule has 0 radical (unpaired) electrons. The Morgan fingerprint density at radius 3 is 2.42 bits per heavy atom. The third-order valence-corrected chi connectivity index (χ3v) is 7.93. The van der Waals surface area contributed by atoms with Crippen molar-refractivity contribution in [3.8, 4) is 17.1 Å². The maximum atomic E-state index is 15.6. The number of pyridine rings is 1. The summed E-state index contributed by atoms with van der Waals surface area (Å²) in [6.45, 7) is 4.20. The second kappa shape index (κ2) is 11.6. The normalized spacial score (nSPS) is 15.9. The summed E-state index contributed by atoms with van der Waals surface area (Å²) in [4.78, 5) is 20.5. The fourth-order valence-corrected chi connectivity index (χ4v) is 5.52. The van der Waals surface area contributed by atoms with Gasteiger partial charge in [0.15, 0.2) is 0 Å². The van der Waals surface area contributed by atoms with Crippen LogP contribution in [0.1, 0.15) is 47.2 Å². The fourth-order valence-electron chi connectivity index (χ4n) is 5.52. The Kier molecular flexibility index (Phi) is 7.77. The number of aromatic nitrogens is 3. The molecule has 3 aromatic carbocycles.